The number of aliphatic hydroxyl groups excluding tert-OH is 1. The third-order valence-corrected chi connectivity index (χ3v) is 3.29. The van der Waals surface area contributed by atoms with Crippen LogP contribution in [-0.4, -0.2) is 32.4 Å². The van der Waals surface area contributed by atoms with Crippen LogP contribution in [0.1, 0.15) is 0 Å². The van der Waals surface area contributed by atoms with Crippen LogP contribution in [0.15, 0.2) is 34.5 Å². The Morgan fingerprint density at radius 3 is 2.08 bits per heavy atom. The number of nitrogens with one attached hydrogen (secondary N) is 1. The molecular formula is C16H16F4N4O. The molecule has 9 heteroatoms. The lowest BCUT2D eigenvalue weighted by atomic mass is 10.2. The predicted molar refractivity (Wildman–Crippen MR) is 86.8 cm³/mol. The maximum Gasteiger partial charge on any atom is 0.199 e. The molecule has 0 unspecified atom stereocenters. The minimum atomic E-state index is -1.98. The highest BCUT2D eigenvalue weighted by atomic mass is 19.2. The van der Waals surface area contributed by atoms with Crippen molar-refractivity contribution in [3.05, 3.63) is 47.5 Å². The van der Waals surface area contributed by atoms with Crippen LogP contribution in [0.25, 0.3) is 0 Å². The van der Waals surface area contributed by atoms with Crippen molar-refractivity contribution in [2.24, 2.45) is 10.2 Å². The third-order valence-electron chi connectivity index (χ3n) is 3.29. The van der Waals surface area contributed by atoms with Gasteiger partial charge in [-0.3, -0.25) is 0 Å². The average molecular weight is 356 g/mol. The Bertz CT molecular complexity index is 779. The number of nitrogens with zero attached hydrogens (tertiary/aromatic N) is 3. The molecule has 0 heterocycles. The smallest absolute Gasteiger partial charge is 0.199 e. The van der Waals surface area contributed by atoms with Gasteiger partial charge in [0.15, 0.2) is 29.0 Å². The summed E-state index contributed by atoms with van der Waals surface area (Å²) in [4.78, 5) is 1.85. The molecule has 0 saturated carbocycles. The molecule has 2 N–H and O–H groups in total. The monoisotopic (exact) mass is 356 g/mol. The summed E-state index contributed by atoms with van der Waals surface area (Å²) in [5.41, 5.74) is -0.335. The summed E-state index contributed by atoms with van der Waals surface area (Å²) in [5.74, 6) is -7.26. The van der Waals surface area contributed by atoms with Crippen molar-refractivity contribution >= 4 is 22.7 Å². The summed E-state index contributed by atoms with van der Waals surface area (Å²) in [6.45, 7) is -0.635. The topological polar surface area (TPSA) is 60.2 Å². The highest BCUT2D eigenvalue weighted by Gasteiger charge is 2.25. The van der Waals surface area contributed by atoms with Crippen LogP contribution in [0.2, 0.25) is 0 Å². The van der Waals surface area contributed by atoms with Gasteiger partial charge >= 0.3 is 0 Å². The molecule has 2 rings (SSSR count). The van der Waals surface area contributed by atoms with Gasteiger partial charge in [-0.25, -0.2) is 17.6 Å². The van der Waals surface area contributed by atoms with Gasteiger partial charge < -0.3 is 15.3 Å². The van der Waals surface area contributed by atoms with Crippen molar-refractivity contribution < 1.29 is 22.7 Å². The van der Waals surface area contributed by atoms with Gasteiger partial charge in [-0.1, -0.05) is 0 Å². The first-order valence-electron chi connectivity index (χ1n) is 7.26. The Labute approximate surface area is 141 Å². The van der Waals surface area contributed by atoms with Crippen LogP contribution in [0.3, 0.4) is 0 Å². The normalized spacial score (nSPS) is 11.2. The fraction of sp³-hybridized carbons (Fsp3) is 0.250. The van der Waals surface area contributed by atoms with Crippen LogP contribution in [-0.2, 0) is 0 Å². The fourth-order valence-corrected chi connectivity index (χ4v) is 1.98. The van der Waals surface area contributed by atoms with Gasteiger partial charge in [0.25, 0.3) is 0 Å². The summed E-state index contributed by atoms with van der Waals surface area (Å²) in [6.07, 6.45) is 0. The molecule has 5 nitrogen and oxygen atoms in total. The SMILES string of the molecule is CN(C)c1ccc(N=Nc2c(F)c(F)c(F)c(F)c2NCCO)cc1. The third kappa shape index (κ3) is 4.05. The quantitative estimate of drug-likeness (QED) is 0.354. The number of hydrogen-bond donors (Lipinski definition) is 2. The van der Waals surface area contributed by atoms with Crippen molar-refractivity contribution in [3.8, 4) is 0 Å². The van der Waals surface area contributed by atoms with Crippen LogP contribution in [0.4, 0.5) is 40.3 Å². The van der Waals surface area contributed by atoms with E-state index in [9.17, 15) is 17.6 Å². The molecule has 0 fully saturated rings. The average Bonchev–Trinajstić information content (AvgIpc) is 2.61. The zero-order valence-corrected chi connectivity index (χ0v) is 13.5. The summed E-state index contributed by atoms with van der Waals surface area (Å²) in [7, 11) is 3.68. The van der Waals surface area contributed by atoms with E-state index in [0.29, 0.717) is 5.69 Å². The van der Waals surface area contributed by atoms with Gasteiger partial charge in [-0.2, -0.15) is 5.11 Å². The molecule has 2 aromatic rings. The molecule has 0 amide bonds. The van der Waals surface area contributed by atoms with Crippen LogP contribution < -0.4 is 10.2 Å². The number of azo groups is 1. The molecule has 0 aliphatic rings. The summed E-state index contributed by atoms with van der Waals surface area (Å²) >= 11 is 0. The van der Waals surface area contributed by atoms with E-state index in [1.807, 2.05) is 19.0 Å². The van der Waals surface area contributed by atoms with E-state index < -0.39 is 41.3 Å². The number of benzene rings is 2. The van der Waals surface area contributed by atoms with Crippen molar-refractivity contribution in [2.45, 2.75) is 0 Å². The second kappa shape index (κ2) is 7.93. The summed E-state index contributed by atoms with van der Waals surface area (Å²) in [5, 5.41) is 18.3. The van der Waals surface area contributed by atoms with Gasteiger partial charge in [0, 0.05) is 26.3 Å². The lowest BCUT2D eigenvalue weighted by Gasteiger charge is -2.12. The lowest BCUT2D eigenvalue weighted by molar-refractivity contribution is 0.310. The molecule has 0 spiro atoms. The fourth-order valence-electron chi connectivity index (χ4n) is 1.98. The first-order chi connectivity index (χ1) is 11.9. The number of aliphatic hydroxyl groups is 1. The maximum absolute atomic E-state index is 14.0. The first-order valence-corrected chi connectivity index (χ1v) is 7.26. The van der Waals surface area contributed by atoms with Gasteiger partial charge in [-0.15, -0.1) is 5.11 Å². The van der Waals surface area contributed by atoms with E-state index in [1.165, 1.54) is 0 Å². The predicted octanol–water partition coefficient (Wildman–Crippen LogP) is 4.13. The Kier molecular flexibility index (Phi) is 5.92. The number of halogens is 4. The van der Waals surface area contributed by atoms with Gasteiger partial charge in [0.05, 0.1) is 12.3 Å². The van der Waals surface area contributed by atoms with Crippen molar-refractivity contribution in [3.63, 3.8) is 0 Å². The maximum atomic E-state index is 14.0. The highest BCUT2D eigenvalue weighted by Crippen LogP contribution is 2.36. The van der Waals surface area contributed by atoms with E-state index in [-0.39, 0.29) is 6.54 Å². The molecular weight excluding hydrogens is 340 g/mol. The molecule has 0 bridgehead atoms. The van der Waals surface area contributed by atoms with E-state index in [0.717, 1.165) is 5.69 Å². The second-order valence-corrected chi connectivity index (χ2v) is 5.24. The van der Waals surface area contributed by atoms with Crippen LogP contribution >= 0.6 is 0 Å². The Balaban J connectivity index is 2.43. The summed E-state index contributed by atoms with van der Waals surface area (Å²) < 4.78 is 54.6. The number of anilines is 2. The van der Waals surface area contributed by atoms with E-state index in [2.05, 4.69) is 15.5 Å². The molecule has 0 atom stereocenters. The molecule has 134 valence electrons. The molecule has 0 aromatic heterocycles. The standard InChI is InChI=1S/C16H16F4N4O/c1-24(2)10-5-3-9(4-6-10)22-23-16-14(20)12(18)11(17)13(19)15(16)21-7-8-25/h3-6,21,25H,7-8H2,1-2H3. The van der Waals surface area contributed by atoms with Gasteiger partial charge in [0.2, 0.25) is 0 Å². The van der Waals surface area contributed by atoms with E-state index in [4.69, 9.17) is 5.11 Å². The van der Waals surface area contributed by atoms with E-state index in [1.54, 1.807) is 24.3 Å². The summed E-state index contributed by atoms with van der Waals surface area (Å²) in [6, 6.07) is 6.60. The molecule has 0 radical (unpaired) electrons. The molecule has 2 aromatic carbocycles. The highest BCUT2D eigenvalue weighted by molar-refractivity contribution is 5.67. The van der Waals surface area contributed by atoms with E-state index >= 15 is 0 Å². The Morgan fingerprint density at radius 2 is 1.52 bits per heavy atom. The van der Waals surface area contributed by atoms with Crippen LogP contribution in [0, 0.1) is 23.3 Å². The number of rotatable bonds is 6. The minimum absolute atomic E-state index is 0.207. The van der Waals surface area contributed by atoms with Crippen molar-refractivity contribution in [1.29, 1.82) is 0 Å². The zero-order valence-electron chi connectivity index (χ0n) is 13.5. The number of hydrogen-bond acceptors (Lipinski definition) is 5. The Morgan fingerprint density at radius 1 is 0.920 bits per heavy atom. The minimum Gasteiger partial charge on any atom is -0.395 e. The molecule has 0 aliphatic carbocycles. The Hall–Kier alpha value is -2.68. The van der Waals surface area contributed by atoms with Gasteiger partial charge in [0.1, 0.15) is 5.69 Å². The molecule has 0 aliphatic heterocycles. The second-order valence-electron chi connectivity index (χ2n) is 5.24. The van der Waals surface area contributed by atoms with Crippen molar-refractivity contribution in [2.75, 3.05) is 37.5 Å². The zero-order chi connectivity index (χ0) is 18.6. The molecule has 25 heavy (non-hydrogen) atoms. The van der Waals surface area contributed by atoms with Crippen LogP contribution in [0.5, 0.6) is 0 Å². The lowest BCUT2D eigenvalue weighted by Crippen LogP contribution is -2.10. The first kappa shape index (κ1) is 18.7. The largest absolute Gasteiger partial charge is 0.395 e. The van der Waals surface area contributed by atoms with Crippen molar-refractivity contribution in [1.82, 2.24) is 0 Å². The molecule has 0 saturated heterocycles. The van der Waals surface area contributed by atoms with Gasteiger partial charge in [-0.05, 0) is 24.3 Å².